The molecule has 0 bridgehead atoms. The Morgan fingerprint density at radius 3 is 3.17 bits per heavy atom. The van der Waals surface area contributed by atoms with Gasteiger partial charge < -0.3 is 10.3 Å². The molecule has 1 heterocycles. The fraction of sp³-hybridized carbons (Fsp3) is 0.692. The molecule has 0 aromatic carbocycles. The van der Waals surface area contributed by atoms with E-state index in [0.717, 1.165) is 24.8 Å². The van der Waals surface area contributed by atoms with Crippen LogP contribution in [0.1, 0.15) is 39.0 Å². The first-order valence-electron chi connectivity index (χ1n) is 6.64. The minimum atomic E-state index is -0.140. The molecule has 2 N–H and O–H groups in total. The average molecular weight is 314 g/mol. The minimum Gasteiger partial charge on any atom is -0.369 e. The Morgan fingerprint density at radius 2 is 2.39 bits per heavy atom. The van der Waals surface area contributed by atoms with Crippen LogP contribution in [-0.2, 0) is 0 Å². The summed E-state index contributed by atoms with van der Waals surface area (Å²) in [5, 5.41) is 3.24. The number of hydrogen-bond acceptors (Lipinski definition) is 3. The van der Waals surface area contributed by atoms with Crippen LogP contribution in [0.25, 0.3) is 0 Å². The van der Waals surface area contributed by atoms with Crippen molar-refractivity contribution in [1.82, 2.24) is 9.97 Å². The normalized spacial score (nSPS) is 23.9. The lowest BCUT2D eigenvalue weighted by molar-refractivity contribution is 0.274. The summed E-state index contributed by atoms with van der Waals surface area (Å²) >= 11 is 3.25. The highest BCUT2D eigenvalue weighted by molar-refractivity contribution is 9.10. The van der Waals surface area contributed by atoms with Crippen molar-refractivity contribution in [3.63, 3.8) is 0 Å². The predicted molar refractivity (Wildman–Crippen MR) is 76.8 cm³/mol. The molecule has 5 heteroatoms. The van der Waals surface area contributed by atoms with Gasteiger partial charge in [-0.3, -0.25) is 4.79 Å². The van der Waals surface area contributed by atoms with Crippen molar-refractivity contribution in [3.8, 4) is 0 Å². The van der Waals surface area contributed by atoms with Gasteiger partial charge in [-0.1, -0.05) is 26.2 Å². The number of rotatable bonds is 4. The van der Waals surface area contributed by atoms with Gasteiger partial charge in [0.2, 0.25) is 0 Å². The van der Waals surface area contributed by atoms with Crippen molar-refractivity contribution >= 4 is 21.7 Å². The van der Waals surface area contributed by atoms with Crippen molar-refractivity contribution in [2.24, 2.45) is 11.8 Å². The van der Waals surface area contributed by atoms with Gasteiger partial charge in [-0.25, -0.2) is 4.98 Å². The third-order valence-electron chi connectivity index (χ3n) is 3.69. The van der Waals surface area contributed by atoms with Crippen molar-refractivity contribution in [2.45, 2.75) is 39.0 Å². The maximum absolute atomic E-state index is 11.4. The fourth-order valence-electron chi connectivity index (χ4n) is 2.72. The Hall–Kier alpha value is -0.840. The Kier molecular flexibility index (Phi) is 4.80. The lowest BCUT2D eigenvalue weighted by atomic mass is 9.81. The third kappa shape index (κ3) is 3.57. The van der Waals surface area contributed by atoms with E-state index in [2.05, 4.69) is 38.1 Å². The predicted octanol–water partition coefficient (Wildman–Crippen LogP) is 3.16. The second kappa shape index (κ2) is 6.36. The van der Waals surface area contributed by atoms with Crippen LogP contribution >= 0.6 is 15.9 Å². The maximum atomic E-state index is 11.4. The number of hydrogen-bond donors (Lipinski definition) is 2. The number of H-pyrrole nitrogens is 1. The number of nitrogens with zero attached hydrogens (tertiary/aromatic N) is 1. The molecule has 1 aromatic heterocycles. The number of aromatic nitrogens is 2. The molecule has 2 rings (SSSR count). The van der Waals surface area contributed by atoms with Crippen molar-refractivity contribution in [3.05, 3.63) is 21.2 Å². The van der Waals surface area contributed by atoms with E-state index < -0.39 is 0 Å². The minimum absolute atomic E-state index is 0.140. The van der Waals surface area contributed by atoms with E-state index in [0.29, 0.717) is 10.3 Å². The van der Waals surface area contributed by atoms with Gasteiger partial charge in [-0.2, -0.15) is 0 Å². The Labute approximate surface area is 116 Å². The van der Waals surface area contributed by atoms with E-state index >= 15 is 0 Å². The highest BCUT2D eigenvalue weighted by atomic mass is 79.9. The Morgan fingerprint density at radius 1 is 1.56 bits per heavy atom. The Balaban J connectivity index is 1.81. The molecule has 2 unspecified atom stereocenters. The summed E-state index contributed by atoms with van der Waals surface area (Å²) in [6.07, 6.45) is 8.01. The molecule has 1 aliphatic rings. The zero-order chi connectivity index (χ0) is 13.0. The van der Waals surface area contributed by atoms with Crippen LogP contribution in [0.15, 0.2) is 15.6 Å². The highest BCUT2D eigenvalue weighted by Crippen LogP contribution is 2.30. The van der Waals surface area contributed by atoms with E-state index in [-0.39, 0.29) is 5.56 Å². The molecular weight excluding hydrogens is 294 g/mol. The van der Waals surface area contributed by atoms with Gasteiger partial charge in [-0.05, 0) is 40.6 Å². The van der Waals surface area contributed by atoms with Gasteiger partial charge in [0.1, 0.15) is 10.3 Å². The molecule has 1 aliphatic carbocycles. The lowest BCUT2D eigenvalue weighted by Gasteiger charge is -2.26. The molecule has 100 valence electrons. The first-order chi connectivity index (χ1) is 8.66. The fourth-order valence-corrected chi connectivity index (χ4v) is 3.08. The molecule has 1 saturated carbocycles. The van der Waals surface area contributed by atoms with Crippen molar-refractivity contribution < 1.29 is 0 Å². The largest absolute Gasteiger partial charge is 0.369 e. The van der Waals surface area contributed by atoms with Gasteiger partial charge in [0, 0.05) is 6.54 Å². The molecule has 0 amide bonds. The van der Waals surface area contributed by atoms with Crippen LogP contribution in [-0.4, -0.2) is 16.5 Å². The van der Waals surface area contributed by atoms with Crippen molar-refractivity contribution in [2.75, 3.05) is 11.9 Å². The molecule has 2 atom stereocenters. The molecule has 0 saturated heterocycles. The van der Waals surface area contributed by atoms with Crippen LogP contribution in [0.3, 0.4) is 0 Å². The SMILES string of the molecule is CC1CCCC(CCNc2nc[nH]c(=O)c2Br)C1. The number of anilines is 1. The van der Waals surface area contributed by atoms with E-state index in [9.17, 15) is 4.79 Å². The molecule has 4 nitrogen and oxygen atoms in total. The summed E-state index contributed by atoms with van der Waals surface area (Å²) in [6, 6.07) is 0. The smallest absolute Gasteiger partial charge is 0.267 e. The molecule has 0 spiro atoms. The van der Waals surface area contributed by atoms with E-state index in [1.54, 1.807) is 0 Å². The van der Waals surface area contributed by atoms with Crippen LogP contribution in [0.5, 0.6) is 0 Å². The highest BCUT2D eigenvalue weighted by Gasteiger charge is 2.18. The molecule has 1 fully saturated rings. The first-order valence-corrected chi connectivity index (χ1v) is 7.43. The summed E-state index contributed by atoms with van der Waals surface area (Å²) in [4.78, 5) is 18.0. The molecule has 0 radical (unpaired) electrons. The van der Waals surface area contributed by atoms with Gasteiger partial charge in [-0.15, -0.1) is 0 Å². The zero-order valence-electron chi connectivity index (χ0n) is 10.7. The summed E-state index contributed by atoms with van der Waals surface area (Å²) in [6.45, 7) is 3.22. The number of nitrogens with one attached hydrogen (secondary N) is 2. The van der Waals surface area contributed by atoms with Crippen LogP contribution in [0, 0.1) is 11.8 Å². The van der Waals surface area contributed by atoms with Gasteiger partial charge >= 0.3 is 0 Å². The molecule has 18 heavy (non-hydrogen) atoms. The van der Waals surface area contributed by atoms with E-state index in [1.165, 1.54) is 32.0 Å². The second-order valence-electron chi connectivity index (χ2n) is 5.25. The molecule has 0 aliphatic heterocycles. The van der Waals surface area contributed by atoms with Gasteiger partial charge in [0.05, 0.1) is 6.33 Å². The summed E-state index contributed by atoms with van der Waals surface area (Å²) in [5.74, 6) is 2.33. The van der Waals surface area contributed by atoms with Gasteiger partial charge in [0.15, 0.2) is 0 Å². The number of aromatic amines is 1. The van der Waals surface area contributed by atoms with E-state index in [4.69, 9.17) is 0 Å². The molecular formula is C13H20BrN3O. The zero-order valence-corrected chi connectivity index (χ0v) is 12.3. The third-order valence-corrected chi connectivity index (χ3v) is 4.42. The summed E-state index contributed by atoms with van der Waals surface area (Å²) in [5.41, 5.74) is -0.140. The van der Waals surface area contributed by atoms with Crippen LogP contribution < -0.4 is 10.9 Å². The van der Waals surface area contributed by atoms with Crippen LogP contribution in [0.4, 0.5) is 5.82 Å². The quantitative estimate of drug-likeness (QED) is 0.897. The monoisotopic (exact) mass is 313 g/mol. The van der Waals surface area contributed by atoms with Crippen LogP contribution in [0.2, 0.25) is 0 Å². The molecule has 1 aromatic rings. The maximum Gasteiger partial charge on any atom is 0.267 e. The number of halogens is 1. The average Bonchev–Trinajstić information content (AvgIpc) is 2.35. The van der Waals surface area contributed by atoms with E-state index in [1.807, 2.05) is 0 Å². The summed E-state index contributed by atoms with van der Waals surface area (Å²) < 4.78 is 0.488. The topological polar surface area (TPSA) is 57.8 Å². The standard InChI is InChI=1S/C13H20BrN3O/c1-9-3-2-4-10(7-9)5-6-15-12-11(14)13(18)17-8-16-12/h8-10H,2-7H2,1H3,(H2,15,16,17,18). The van der Waals surface area contributed by atoms with Gasteiger partial charge in [0.25, 0.3) is 5.56 Å². The second-order valence-corrected chi connectivity index (χ2v) is 6.04. The van der Waals surface area contributed by atoms with Crippen molar-refractivity contribution in [1.29, 1.82) is 0 Å². The lowest BCUT2D eigenvalue weighted by Crippen LogP contribution is -2.18. The summed E-state index contributed by atoms with van der Waals surface area (Å²) in [7, 11) is 0. The Bertz CT molecular complexity index is 446. The first kappa shape index (κ1) is 13.6.